The van der Waals surface area contributed by atoms with Gasteiger partial charge >= 0.3 is 0 Å². The van der Waals surface area contributed by atoms with E-state index in [1.54, 1.807) is 24.3 Å². The summed E-state index contributed by atoms with van der Waals surface area (Å²) in [5.74, 6) is 1.04. The average molecular weight is 422 g/mol. The number of hydrogen-bond acceptors (Lipinski definition) is 8. The van der Waals surface area contributed by atoms with Crippen molar-refractivity contribution in [3.05, 3.63) is 59.7 Å². The smallest absolute Gasteiger partial charge is 0.224 e. The second-order valence-electron chi connectivity index (χ2n) is 6.87. The van der Waals surface area contributed by atoms with Crippen LogP contribution in [0.25, 0.3) is 0 Å². The predicted molar refractivity (Wildman–Crippen MR) is 115 cm³/mol. The monoisotopic (exact) mass is 422 g/mol. The normalized spacial score (nSPS) is 14.8. The van der Waals surface area contributed by atoms with Crippen molar-refractivity contribution in [1.29, 1.82) is 0 Å². The first-order chi connectivity index (χ1) is 15.2. The van der Waals surface area contributed by atoms with Crippen molar-refractivity contribution in [2.75, 3.05) is 24.1 Å². The lowest BCUT2D eigenvalue weighted by molar-refractivity contribution is -0.117. The lowest BCUT2D eigenvalue weighted by Crippen LogP contribution is -2.18. The molecule has 2 heterocycles. The van der Waals surface area contributed by atoms with Crippen LogP contribution in [-0.4, -0.2) is 36.9 Å². The van der Waals surface area contributed by atoms with E-state index in [2.05, 4.69) is 31.6 Å². The molecule has 31 heavy (non-hydrogen) atoms. The summed E-state index contributed by atoms with van der Waals surface area (Å²) < 4.78 is 0. The summed E-state index contributed by atoms with van der Waals surface area (Å²) in [4.78, 5) is 42.5. The Morgan fingerprint density at radius 3 is 1.52 bits per heavy atom. The molecule has 10 nitrogen and oxygen atoms in total. The van der Waals surface area contributed by atoms with Gasteiger partial charge in [0.05, 0.1) is 0 Å². The Labute approximate surface area is 178 Å². The minimum Gasteiger partial charge on any atom is -0.326 e. The highest BCUT2D eigenvalue weighted by molar-refractivity contribution is 6.00. The van der Waals surface area contributed by atoms with Crippen LogP contribution in [0.2, 0.25) is 0 Å². The number of carbonyl (C=O) groups excluding carboxylic acids is 2. The molecule has 0 spiro atoms. The van der Waals surface area contributed by atoms with Crippen LogP contribution in [0.1, 0.15) is 30.4 Å². The first-order valence-electron chi connectivity index (χ1n) is 9.82. The highest BCUT2D eigenvalue weighted by atomic mass is 16.7. The van der Waals surface area contributed by atoms with E-state index in [1.165, 1.54) is 0 Å². The van der Waals surface area contributed by atoms with Gasteiger partial charge in [0.2, 0.25) is 11.8 Å². The molecular formula is C21H22N6O4. The summed E-state index contributed by atoms with van der Waals surface area (Å²) in [6.07, 6.45) is 0.952. The van der Waals surface area contributed by atoms with Gasteiger partial charge in [-0.1, -0.05) is 0 Å². The highest BCUT2D eigenvalue weighted by Gasteiger charge is 2.11. The molecule has 4 N–H and O–H groups in total. The van der Waals surface area contributed by atoms with Crippen LogP contribution in [-0.2, 0) is 19.3 Å². The minimum atomic E-state index is -0.142. The SMILES string of the molecule is O=C(CCCC(=O)Nc1ccc(C2=NCON2)cc1)Nc1ccc(C2=NCON2)cc1. The number of amidine groups is 2. The number of benzene rings is 2. The highest BCUT2D eigenvalue weighted by Crippen LogP contribution is 2.14. The third-order valence-corrected chi connectivity index (χ3v) is 4.60. The maximum atomic E-state index is 12.1. The summed E-state index contributed by atoms with van der Waals surface area (Å²) in [5.41, 5.74) is 8.55. The van der Waals surface area contributed by atoms with E-state index in [0.717, 1.165) is 11.1 Å². The maximum absolute atomic E-state index is 12.1. The summed E-state index contributed by atoms with van der Waals surface area (Å²) in [7, 11) is 0. The maximum Gasteiger partial charge on any atom is 0.224 e. The fourth-order valence-corrected chi connectivity index (χ4v) is 3.04. The lowest BCUT2D eigenvalue weighted by atomic mass is 10.1. The molecule has 0 aromatic heterocycles. The van der Waals surface area contributed by atoms with E-state index < -0.39 is 0 Å². The molecule has 0 aliphatic carbocycles. The number of rotatable bonds is 8. The molecule has 0 bridgehead atoms. The largest absolute Gasteiger partial charge is 0.326 e. The lowest BCUT2D eigenvalue weighted by Gasteiger charge is -2.08. The molecule has 0 saturated heterocycles. The predicted octanol–water partition coefficient (Wildman–Crippen LogP) is 1.91. The molecule has 0 radical (unpaired) electrons. The standard InChI is InChI=1S/C21H22N6O4/c28-18(24-16-8-4-14(5-9-16)20-22-12-30-26-20)2-1-3-19(29)25-17-10-6-15(7-11-17)21-23-13-31-27-21/h4-11H,1-3,12-13H2,(H,22,26)(H,23,27)(H,24,28)(H,25,29). The van der Waals surface area contributed by atoms with E-state index in [-0.39, 0.29) is 38.1 Å². The van der Waals surface area contributed by atoms with Crippen molar-refractivity contribution in [3.8, 4) is 0 Å². The minimum absolute atomic E-state index is 0.142. The number of amides is 2. The molecule has 2 amide bonds. The van der Waals surface area contributed by atoms with Crippen molar-refractivity contribution in [1.82, 2.24) is 11.0 Å². The van der Waals surface area contributed by atoms with Gasteiger partial charge in [-0.05, 0) is 55.0 Å². The molecule has 4 rings (SSSR count). The second-order valence-corrected chi connectivity index (χ2v) is 6.87. The van der Waals surface area contributed by atoms with Crippen molar-refractivity contribution in [2.45, 2.75) is 19.3 Å². The Balaban J connectivity index is 1.17. The number of anilines is 2. The number of hydrogen-bond donors (Lipinski definition) is 4. The number of aliphatic imine (C=N–C) groups is 2. The molecule has 0 atom stereocenters. The van der Waals surface area contributed by atoms with Gasteiger partial charge in [0, 0.05) is 35.3 Å². The fourth-order valence-electron chi connectivity index (χ4n) is 3.04. The van der Waals surface area contributed by atoms with E-state index >= 15 is 0 Å². The average Bonchev–Trinajstić information content (AvgIpc) is 3.49. The van der Waals surface area contributed by atoms with Crippen LogP contribution in [0.5, 0.6) is 0 Å². The fraction of sp³-hybridized carbons (Fsp3) is 0.238. The topological polar surface area (TPSA) is 125 Å². The van der Waals surface area contributed by atoms with E-state index in [0.29, 0.717) is 29.5 Å². The van der Waals surface area contributed by atoms with Gasteiger partial charge in [-0.3, -0.25) is 19.3 Å². The molecule has 2 aliphatic heterocycles. The first-order valence-corrected chi connectivity index (χ1v) is 9.82. The summed E-state index contributed by atoms with van der Waals surface area (Å²) >= 11 is 0. The van der Waals surface area contributed by atoms with Crippen molar-refractivity contribution >= 4 is 34.9 Å². The van der Waals surface area contributed by atoms with Crippen LogP contribution in [0.3, 0.4) is 0 Å². The molecule has 2 aliphatic rings. The van der Waals surface area contributed by atoms with Crippen LogP contribution < -0.4 is 21.6 Å². The zero-order valence-corrected chi connectivity index (χ0v) is 16.7. The number of nitrogens with one attached hydrogen (secondary N) is 4. The Morgan fingerprint density at radius 2 is 1.16 bits per heavy atom. The van der Waals surface area contributed by atoms with Crippen molar-refractivity contribution in [3.63, 3.8) is 0 Å². The van der Waals surface area contributed by atoms with Crippen LogP contribution in [0.4, 0.5) is 11.4 Å². The van der Waals surface area contributed by atoms with Gasteiger partial charge < -0.3 is 10.6 Å². The zero-order chi connectivity index (χ0) is 21.5. The Bertz CT molecular complexity index is 920. The van der Waals surface area contributed by atoms with Crippen molar-refractivity contribution in [2.24, 2.45) is 9.98 Å². The summed E-state index contributed by atoms with van der Waals surface area (Å²) in [6.45, 7) is 0.574. The van der Waals surface area contributed by atoms with Crippen LogP contribution >= 0.6 is 0 Å². The molecule has 2 aromatic rings. The number of hydroxylamine groups is 2. The second kappa shape index (κ2) is 9.83. The van der Waals surface area contributed by atoms with E-state index in [4.69, 9.17) is 9.68 Å². The number of carbonyl (C=O) groups is 2. The van der Waals surface area contributed by atoms with Crippen molar-refractivity contribution < 1.29 is 19.3 Å². The molecule has 0 saturated carbocycles. The van der Waals surface area contributed by atoms with Gasteiger partial charge in [-0.15, -0.1) is 0 Å². The first kappa shape index (κ1) is 20.5. The van der Waals surface area contributed by atoms with Gasteiger partial charge in [0.1, 0.15) is 0 Å². The Kier molecular flexibility index (Phi) is 6.50. The van der Waals surface area contributed by atoms with Gasteiger partial charge in [0.15, 0.2) is 25.1 Å². The summed E-state index contributed by atoms with van der Waals surface area (Å²) in [6, 6.07) is 14.6. The molecule has 0 fully saturated rings. The Morgan fingerprint density at radius 1 is 0.742 bits per heavy atom. The third-order valence-electron chi connectivity index (χ3n) is 4.60. The molecular weight excluding hydrogens is 400 g/mol. The van der Waals surface area contributed by atoms with Gasteiger partial charge in [-0.2, -0.15) is 0 Å². The third kappa shape index (κ3) is 5.65. The van der Waals surface area contributed by atoms with Crippen LogP contribution in [0.15, 0.2) is 58.5 Å². The van der Waals surface area contributed by atoms with Gasteiger partial charge in [0.25, 0.3) is 0 Å². The van der Waals surface area contributed by atoms with Gasteiger partial charge in [-0.25, -0.2) is 20.9 Å². The molecule has 2 aromatic carbocycles. The molecule has 10 heteroatoms. The molecule has 0 unspecified atom stereocenters. The quantitative estimate of drug-likeness (QED) is 0.515. The Hall–Kier alpha value is -3.76. The van der Waals surface area contributed by atoms with E-state index in [9.17, 15) is 9.59 Å². The van der Waals surface area contributed by atoms with Crippen LogP contribution in [0, 0.1) is 0 Å². The zero-order valence-electron chi connectivity index (χ0n) is 16.7. The summed E-state index contributed by atoms with van der Waals surface area (Å²) in [5, 5.41) is 5.65. The van der Waals surface area contributed by atoms with E-state index in [1.807, 2.05) is 24.3 Å². The molecule has 160 valence electrons. The number of nitrogens with zero attached hydrogens (tertiary/aromatic N) is 2.